The van der Waals surface area contributed by atoms with Crippen LogP contribution in [0.5, 0.6) is 0 Å². The van der Waals surface area contributed by atoms with Crippen LogP contribution in [0.15, 0.2) is 18.2 Å². The van der Waals surface area contributed by atoms with E-state index in [1.54, 1.807) is 0 Å². The van der Waals surface area contributed by atoms with E-state index in [9.17, 15) is 8.78 Å². The van der Waals surface area contributed by atoms with Gasteiger partial charge in [0, 0.05) is 6.54 Å². The third-order valence-corrected chi connectivity index (χ3v) is 1.56. The largest absolute Gasteiger partial charge is 0.387 e. The minimum Gasteiger partial charge on any atom is -0.387 e. The molecule has 0 aliphatic heterocycles. The first-order chi connectivity index (χ1) is 5.66. The number of benzene rings is 1. The number of aliphatic hydroxyl groups excluding tert-OH is 1. The van der Waals surface area contributed by atoms with E-state index in [4.69, 9.17) is 10.8 Å². The van der Waals surface area contributed by atoms with Gasteiger partial charge in [-0.2, -0.15) is 0 Å². The van der Waals surface area contributed by atoms with Gasteiger partial charge in [0.25, 0.3) is 0 Å². The molecule has 2 nitrogen and oxygen atoms in total. The van der Waals surface area contributed by atoms with Crippen molar-refractivity contribution in [3.05, 3.63) is 35.4 Å². The van der Waals surface area contributed by atoms with Crippen LogP contribution in [0.4, 0.5) is 8.78 Å². The van der Waals surface area contributed by atoms with Gasteiger partial charge in [0.2, 0.25) is 0 Å². The number of rotatable bonds is 2. The smallest absolute Gasteiger partial charge is 0.131 e. The van der Waals surface area contributed by atoms with Gasteiger partial charge in [0.1, 0.15) is 11.6 Å². The molecule has 0 radical (unpaired) electrons. The molecular weight excluding hydrogens is 164 g/mol. The van der Waals surface area contributed by atoms with Crippen LogP contribution < -0.4 is 5.73 Å². The lowest BCUT2D eigenvalue weighted by atomic mass is 10.1. The Morgan fingerprint density at radius 1 is 1.33 bits per heavy atom. The lowest BCUT2D eigenvalue weighted by Gasteiger charge is -2.09. The first-order valence-electron chi connectivity index (χ1n) is 3.49. The molecule has 0 heterocycles. The number of hydrogen-bond donors (Lipinski definition) is 2. The summed E-state index contributed by atoms with van der Waals surface area (Å²) in [7, 11) is 0. The van der Waals surface area contributed by atoms with Crippen molar-refractivity contribution >= 4 is 0 Å². The molecule has 1 aromatic rings. The maximum atomic E-state index is 12.8. The van der Waals surface area contributed by atoms with E-state index in [-0.39, 0.29) is 12.1 Å². The summed E-state index contributed by atoms with van der Waals surface area (Å²) in [5.41, 5.74) is 4.70. The van der Waals surface area contributed by atoms with Gasteiger partial charge in [0.05, 0.1) is 11.7 Å². The second kappa shape index (κ2) is 3.60. The van der Waals surface area contributed by atoms with Crippen LogP contribution in [0.3, 0.4) is 0 Å². The molecule has 4 heteroatoms. The zero-order valence-electron chi connectivity index (χ0n) is 6.30. The van der Waals surface area contributed by atoms with E-state index in [0.29, 0.717) is 0 Å². The highest BCUT2D eigenvalue weighted by Crippen LogP contribution is 2.19. The predicted molar refractivity (Wildman–Crippen MR) is 40.4 cm³/mol. The number of nitrogens with two attached hydrogens (primary N) is 1. The zero-order chi connectivity index (χ0) is 9.14. The Hall–Kier alpha value is -1.00. The molecule has 1 rings (SSSR count). The standard InChI is InChI=1S/C8H9F2NO/c9-5-2-1-3-6(10)8(5)7(12)4-11/h1-3,7,12H,4,11H2/t7-/m0/s1. The highest BCUT2D eigenvalue weighted by atomic mass is 19.1. The molecule has 0 fully saturated rings. The van der Waals surface area contributed by atoms with E-state index in [1.165, 1.54) is 6.07 Å². The second-order valence-electron chi connectivity index (χ2n) is 2.39. The fraction of sp³-hybridized carbons (Fsp3) is 0.250. The summed E-state index contributed by atoms with van der Waals surface area (Å²) < 4.78 is 25.7. The Bertz CT molecular complexity index is 258. The maximum absolute atomic E-state index is 12.8. The Morgan fingerprint density at radius 2 is 1.83 bits per heavy atom. The van der Waals surface area contributed by atoms with Crippen molar-refractivity contribution in [1.82, 2.24) is 0 Å². The summed E-state index contributed by atoms with van der Waals surface area (Å²) in [4.78, 5) is 0. The minimum atomic E-state index is -1.27. The van der Waals surface area contributed by atoms with Gasteiger partial charge in [-0.25, -0.2) is 8.78 Å². The molecule has 0 amide bonds. The molecular formula is C8H9F2NO. The van der Waals surface area contributed by atoms with E-state index < -0.39 is 17.7 Å². The fourth-order valence-electron chi connectivity index (χ4n) is 0.947. The average molecular weight is 173 g/mol. The van der Waals surface area contributed by atoms with Gasteiger partial charge >= 0.3 is 0 Å². The fourth-order valence-corrected chi connectivity index (χ4v) is 0.947. The summed E-state index contributed by atoms with van der Waals surface area (Å²) >= 11 is 0. The van der Waals surface area contributed by atoms with Gasteiger partial charge in [0.15, 0.2) is 0 Å². The quantitative estimate of drug-likeness (QED) is 0.699. The molecule has 0 aliphatic rings. The molecule has 0 spiro atoms. The molecule has 3 N–H and O–H groups in total. The van der Waals surface area contributed by atoms with Crippen molar-refractivity contribution < 1.29 is 13.9 Å². The monoisotopic (exact) mass is 173 g/mol. The van der Waals surface area contributed by atoms with Gasteiger partial charge in [-0.15, -0.1) is 0 Å². The lowest BCUT2D eigenvalue weighted by Crippen LogP contribution is -2.14. The summed E-state index contributed by atoms with van der Waals surface area (Å²) in [6, 6.07) is 3.39. The first kappa shape index (κ1) is 9.09. The van der Waals surface area contributed by atoms with Gasteiger partial charge in [-0.3, -0.25) is 0 Å². The Kier molecular flexibility index (Phi) is 2.73. The van der Waals surface area contributed by atoms with Crippen molar-refractivity contribution in [2.75, 3.05) is 6.54 Å². The summed E-state index contributed by atoms with van der Waals surface area (Å²) in [5.74, 6) is -1.54. The van der Waals surface area contributed by atoms with Gasteiger partial charge in [-0.05, 0) is 12.1 Å². The first-order valence-corrected chi connectivity index (χ1v) is 3.49. The summed E-state index contributed by atoms with van der Waals surface area (Å²) in [6.45, 7) is -0.197. The summed E-state index contributed by atoms with van der Waals surface area (Å²) in [6.07, 6.45) is -1.27. The van der Waals surface area contributed by atoms with Crippen molar-refractivity contribution in [2.24, 2.45) is 5.73 Å². The molecule has 1 atom stereocenters. The van der Waals surface area contributed by atoms with Gasteiger partial charge < -0.3 is 10.8 Å². The van der Waals surface area contributed by atoms with Crippen molar-refractivity contribution in [3.63, 3.8) is 0 Å². The SMILES string of the molecule is NC[C@H](O)c1c(F)cccc1F. The highest BCUT2D eigenvalue weighted by molar-refractivity contribution is 5.22. The van der Waals surface area contributed by atoms with Crippen molar-refractivity contribution in [3.8, 4) is 0 Å². The number of halogens is 2. The van der Waals surface area contributed by atoms with Crippen LogP contribution in [0.2, 0.25) is 0 Å². The minimum absolute atomic E-state index is 0.197. The number of aliphatic hydroxyl groups is 1. The predicted octanol–water partition coefficient (Wildman–Crippen LogP) is 0.957. The maximum Gasteiger partial charge on any atom is 0.131 e. The topological polar surface area (TPSA) is 46.2 Å². The molecule has 0 aromatic heterocycles. The third-order valence-electron chi connectivity index (χ3n) is 1.56. The molecule has 1 aromatic carbocycles. The van der Waals surface area contributed by atoms with Crippen molar-refractivity contribution in [1.29, 1.82) is 0 Å². The summed E-state index contributed by atoms with van der Waals surface area (Å²) in [5, 5.41) is 9.09. The normalized spacial score (nSPS) is 13.0. The van der Waals surface area contributed by atoms with Crippen LogP contribution >= 0.6 is 0 Å². The molecule has 0 saturated carbocycles. The van der Waals surface area contributed by atoms with Crippen LogP contribution in [0.25, 0.3) is 0 Å². The lowest BCUT2D eigenvalue weighted by molar-refractivity contribution is 0.176. The molecule has 0 bridgehead atoms. The molecule has 12 heavy (non-hydrogen) atoms. The van der Waals surface area contributed by atoms with Crippen LogP contribution in [0.1, 0.15) is 11.7 Å². The Morgan fingerprint density at radius 3 is 2.25 bits per heavy atom. The van der Waals surface area contributed by atoms with Gasteiger partial charge in [-0.1, -0.05) is 6.07 Å². The Labute approximate surface area is 68.6 Å². The van der Waals surface area contributed by atoms with Crippen LogP contribution in [0, 0.1) is 11.6 Å². The van der Waals surface area contributed by atoms with E-state index in [0.717, 1.165) is 12.1 Å². The van der Waals surface area contributed by atoms with E-state index in [2.05, 4.69) is 0 Å². The van der Waals surface area contributed by atoms with E-state index >= 15 is 0 Å². The van der Waals surface area contributed by atoms with Crippen LogP contribution in [-0.4, -0.2) is 11.7 Å². The molecule has 0 aliphatic carbocycles. The van der Waals surface area contributed by atoms with E-state index in [1.807, 2.05) is 0 Å². The highest BCUT2D eigenvalue weighted by Gasteiger charge is 2.15. The van der Waals surface area contributed by atoms with Crippen LogP contribution in [-0.2, 0) is 0 Å². The molecule has 0 saturated heterocycles. The Balaban J connectivity index is 3.12. The van der Waals surface area contributed by atoms with Crippen molar-refractivity contribution in [2.45, 2.75) is 6.10 Å². The molecule has 0 unspecified atom stereocenters. The zero-order valence-corrected chi connectivity index (χ0v) is 6.30. The average Bonchev–Trinajstić information content (AvgIpc) is 2.03. The molecule has 66 valence electrons. The number of hydrogen-bond acceptors (Lipinski definition) is 2. The third kappa shape index (κ3) is 1.60. The second-order valence-corrected chi connectivity index (χ2v) is 2.39.